The summed E-state index contributed by atoms with van der Waals surface area (Å²) in [5.41, 5.74) is 0. The van der Waals surface area contributed by atoms with Gasteiger partial charge in [-0.25, -0.2) is 0 Å². The molecular formula is C24H52N2. The van der Waals surface area contributed by atoms with Crippen LogP contribution < -0.4 is 0 Å². The Morgan fingerprint density at radius 3 is 1.35 bits per heavy atom. The molecule has 0 aromatic rings. The number of hydrogen-bond donors (Lipinski definition) is 0. The summed E-state index contributed by atoms with van der Waals surface area (Å²) in [6.07, 6.45) is 7.26. The van der Waals surface area contributed by atoms with Crippen LogP contribution in [0, 0.1) is 11.8 Å². The fourth-order valence-electron chi connectivity index (χ4n) is 3.27. The summed E-state index contributed by atoms with van der Waals surface area (Å²) >= 11 is 0. The lowest BCUT2D eigenvalue weighted by atomic mass is 10.1. The second kappa shape index (κ2) is 15.7. The molecule has 0 aromatic heterocycles. The molecule has 158 valence electrons. The Labute approximate surface area is 167 Å². The molecule has 26 heavy (non-hydrogen) atoms. The highest BCUT2D eigenvalue weighted by atomic mass is 15.2. The van der Waals surface area contributed by atoms with Gasteiger partial charge in [-0.3, -0.25) is 9.80 Å². The van der Waals surface area contributed by atoms with Crippen molar-refractivity contribution < 1.29 is 0 Å². The first kappa shape index (κ1) is 27.9. The van der Waals surface area contributed by atoms with Crippen LogP contribution in [0.3, 0.4) is 0 Å². The highest BCUT2D eigenvalue weighted by Gasteiger charge is 2.12. The third-order valence-electron chi connectivity index (χ3n) is 4.69. The van der Waals surface area contributed by atoms with Gasteiger partial charge in [-0.15, -0.1) is 0 Å². The van der Waals surface area contributed by atoms with Crippen LogP contribution in [0.15, 0.2) is 12.2 Å². The maximum absolute atomic E-state index is 2.57. The first-order chi connectivity index (χ1) is 11.9. The van der Waals surface area contributed by atoms with E-state index in [1.807, 2.05) is 0 Å². The fourth-order valence-corrected chi connectivity index (χ4v) is 3.27. The van der Waals surface area contributed by atoms with Gasteiger partial charge in [-0.1, -0.05) is 39.8 Å². The molecule has 0 bridgehead atoms. The van der Waals surface area contributed by atoms with Crippen LogP contribution in [0.1, 0.15) is 95.9 Å². The highest BCUT2D eigenvalue weighted by Crippen LogP contribution is 2.10. The van der Waals surface area contributed by atoms with E-state index in [4.69, 9.17) is 0 Å². The highest BCUT2D eigenvalue weighted by molar-refractivity contribution is 4.88. The zero-order chi connectivity index (χ0) is 20.9. The van der Waals surface area contributed by atoms with Gasteiger partial charge in [0.1, 0.15) is 0 Å². The maximum Gasteiger partial charge on any atom is 0.0168 e. The van der Waals surface area contributed by atoms with Crippen molar-refractivity contribution in [3.05, 3.63) is 12.2 Å². The minimum Gasteiger partial charge on any atom is -0.299 e. The summed E-state index contributed by atoms with van der Waals surface area (Å²) in [7, 11) is 0. The molecule has 0 rings (SSSR count). The predicted molar refractivity (Wildman–Crippen MR) is 122 cm³/mol. The van der Waals surface area contributed by atoms with Crippen molar-refractivity contribution in [2.75, 3.05) is 13.1 Å². The molecule has 0 heterocycles. The molecule has 0 aliphatic rings. The van der Waals surface area contributed by atoms with Crippen LogP contribution in [-0.4, -0.2) is 47.1 Å². The SMILES string of the molecule is CC(C)C=CCN(C(C)C)C(C)C.CC(C)CCCN(C(C)C)C(C)C. The van der Waals surface area contributed by atoms with Crippen molar-refractivity contribution in [3.63, 3.8) is 0 Å². The van der Waals surface area contributed by atoms with E-state index in [0.717, 1.165) is 12.5 Å². The maximum atomic E-state index is 2.57. The van der Waals surface area contributed by atoms with Crippen molar-refractivity contribution >= 4 is 0 Å². The van der Waals surface area contributed by atoms with Crippen molar-refractivity contribution in [1.82, 2.24) is 9.80 Å². The second-order valence-electron chi connectivity index (χ2n) is 9.52. The Hall–Kier alpha value is -0.340. The standard InChI is InChI=1S/C12H27N.C12H25N/c2*1-10(2)8-7-9-13(11(3)4)12(5)6/h10-12H,7-9H2,1-6H3;7-8,10-12H,9H2,1-6H3. The summed E-state index contributed by atoms with van der Waals surface area (Å²) in [6, 6.07) is 2.65. The molecule has 0 aromatic carbocycles. The van der Waals surface area contributed by atoms with Crippen LogP contribution in [-0.2, 0) is 0 Å². The number of allylic oxidation sites excluding steroid dienone is 1. The van der Waals surface area contributed by atoms with Crippen LogP contribution in [0.25, 0.3) is 0 Å². The van der Waals surface area contributed by atoms with Gasteiger partial charge in [-0.2, -0.15) is 0 Å². The van der Waals surface area contributed by atoms with Gasteiger partial charge in [0.15, 0.2) is 0 Å². The molecule has 0 unspecified atom stereocenters. The molecule has 0 aliphatic carbocycles. The lowest BCUT2D eigenvalue weighted by Crippen LogP contribution is -2.37. The number of nitrogens with zero attached hydrogens (tertiary/aromatic N) is 2. The van der Waals surface area contributed by atoms with E-state index in [1.165, 1.54) is 19.4 Å². The minimum atomic E-state index is 0.636. The van der Waals surface area contributed by atoms with Crippen LogP contribution >= 0.6 is 0 Å². The van der Waals surface area contributed by atoms with Crippen molar-refractivity contribution in [2.24, 2.45) is 11.8 Å². The molecule has 0 N–H and O–H groups in total. The molecule has 0 saturated carbocycles. The molecule has 0 fully saturated rings. The molecule has 0 spiro atoms. The summed E-state index contributed by atoms with van der Waals surface area (Å²) in [4.78, 5) is 5.06. The van der Waals surface area contributed by atoms with Gasteiger partial charge < -0.3 is 0 Å². The summed E-state index contributed by atoms with van der Waals surface area (Å²) in [6.45, 7) is 29.5. The van der Waals surface area contributed by atoms with E-state index in [-0.39, 0.29) is 0 Å². The third-order valence-corrected chi connectivity index (χ3v) is 4.69. The van der Waals surface area contributed by atoms with Gasteiger partial charge in [-0.05, 0) is 86.6 Å². The average Bonchev–Trinajstić information content (AvgIpc) is 2.46. The topological polar surface area (TPSA) is 6.48 Å². The van der Waals surface area contributed by atoms with Gasteiger partial charge in [0.25, 0.3) is 0 Å². The van der Waals surface area contributed by atoms with E-state index in [0.29, 0.717) is 30.1 Å². The quantitative estimate of drug-likeness (QED) is 0.368. The van der Waals surface area contributed by atoms with Gasteiger partial charge in [0, 0.05) is 30.7 Å². The Kier molecular flexibility index (Phi) is 16.8. The van der Waals surface area contributed by atoms with Gasteiger partial charge in [0.2, 0.25) is 0 Å². The van der Waals surface area contributed by atoms with E-state index in [2.05, 4.69) is 105 Å². The summed E-state index contributed by atoms with van der Waals surface area (Å²) in [5.74, 6) is 1.52. The van der Waals surface area contributed by atoms with Crippen LogP contribution in [0.2, 0.25) is 0 Å². The van der Waals surface area contributed by atoms with E-state index < -0.39 is 0 Å². The molecule has 0 saturated heterocycles. The lowest BCUT2D eigenvalue weighted by molar-refractivity contribution is 0.169. The average molecular weight is 369 g/mol. The van der Waals surface area contributed by atoms with Crippen molar-refractivity contribution in [3.8, 4) is 0 Å². The van der Waals surface area contributed by atoms with E-state index >= 15 is 0 Å². The zero-order valence-electron chi connectivity index (χ0n) is 20.3. The molecule has 0 aliphatic heterocycles. The number of hydrogen-bond acceptors (Lipinski definition) is 2. The Morgan fingerprint density at radius 1 is 0.615 bits per heavy atom. The van der Waals surface area contributed by atoms with Crippen LogP contribution in [0.5, 0.6) is 0 Å². The van der Waals surface area contributed by atoms with Crippen LogP contribution in [0.4, 0.5) is 0 Å². The molecule has 0 radical (unpaired) electrons. The van der Waals surface area contributed by atoms with Crippen molar-refractivity contribution in [2.45, 2.75) is 120 Å². The van der Waals surface area contributed by atoms with Gasteiger partial charge >= 0.3 is 0 Å². The third kappa shape index (κ3) is 15.9. The second-order valence-corrected chi connectivity index (χ2v) is 9.52. The summed E-state index contributed by atoms with van der Waals surface area (Å²) in [5, 5.41) is 0. The Balaban J connectivity index is 0. The lowest BCUT2D eigenvalue weighted by Gasteiger charge is -2.30. The predicted octanol–water partition coefficient (Wildman–Crippen LogP) is 6.86. The Bertz CT molecular complexity index is 311. The monoisotopic (exact) mass is 368 g/mol. The number of rotatable bonds is 11. The van der Waals surface area contributed by atoms with E-state index in [9.17, 15) is 0 Å². The van der Waals surface area contributed by atoms with Crippen molar-refractivity contribution in [1.29, 1.82) is 0 Å². The summed E-state index contributed by atoms with van der Waals surface area (Å²) < 4.78 is 0. The molecular weight excluding hydrogens is 316 g/mol. The molecule has 2 nitrogen and oxygen atoms in total. The van der Waals surface area contributed by atoms with Gasteiger partial charge in [0.05, 0.1) is 0 Å². The normalized spacial score (nSPS) is 12.8. The first-order valence-electron chi connectivity index (χ1n) is 11.1. The Morgan fingerprint density at radius 2 is 1.04 bits per heavy atom. The largest absolute Gasteiger partial charge is 0.299 e. The molecule has 0 atom stereocenters. The first-order valence-corrected chi connectivity index (χ1v) is 11.1. The molecule has 0 amide bonds. The van der Waals surface area contributed by atoms with E-state index in [1.54, 1.807) is 0 Å². The fraction of sp³-hybridized carbons (Fsp3) is 0.917. The molecule has 2 heteroatoms. The zero-order valence-corrected chi connectivity index (χ0v) is 20.3. The minimum absolute atomic E-state index is 0.636. The smallest absolute Gasteiger partial charge is 0.0168 e.